The fraction of sp³-hybridized carbons (Fsp3) is 0. The van der Waals surface area contributed by atoms with E-state index in [1.54, 1.807) is 0 Å². The molecule has 0 aliphatic rings. The Hall–Kier alpha value is -0.260. The third kappa shape index (κ3) is 1190. The standard InChI is InChI=1S/HO3P.3H2O/c1-4(2)3;;;/h(H,1,2,3);3*1H2/p-1. The molecule has 0 aromatic carbocycles. The first kappa shape index (κ1) is 29.6. The SMILES string of the molecule is O.O.O.O=P(=O)[O-]. The number of hydrogen-bond acceptors (Lipinski definition) is 3. The molecule has 6 N–H and O–H groups in total. The van der Waals surface area contributed by atoms with Gasteiger partial charge in [-0.3, -0.25) is 9.13 Å². The van der Waals surface area contributed by atoms with Crippen LogP contribution in [0.15, 0.2) is 0 Å². The van der Waals surface area contributed by atoms with E-state index in [4.69, 9.17) is 14.0 Å². The molecule has 0 bridgehead atoms. The van der Waals surface area contributed by atoms with Gasteiger partial charge in [0.2, 0.25) is 7.91 Å². The molecule has 0 heterocycles. The van der Waals surface area contributed by atoms with Gasteiger partial charge < -0.3 is 21.3 Å². The summed E-state index contributed by atoms with van der Waals surface area (Å²) in [5, 5.41) is 0. The smallest absolute Gasteiger partial charge is 0.250 e. The Labute approximate surface area is 39.6 Å². The summed E-state index contributed by atoms with van der Waals surface area (Å²) in [5.41, 5.74) is 0. The maximum Gasteiger partial charge on any atom is 0.250 e. The molecule has 0 amide bonds. The van der Waals surface area contributed by atoms with Crippen molar-refractivity contribution < 1.29 is 30.5 Å². The fourth-order valence-electron chi connectivity index (χ4n) is 0. The van der Waals surface area contributed by atoms with Crippen LogP contribution in [-0.4, -0.2) is 16.4 Å². The lowest BCUT2D eigenvalue weighted by Gasteiger charge is -1.62. The molecule has 6 nitrogen and oxygen atoms in total. The molecule has 0 radical (unpaired) electrons. The molecule has 0 aliphatic heterocycles. The van der Waals surface area contributed by atoms with Crippen molar-refractivity contribution in [2.45, 2.75) is 0 Å². The molecule has 0 fully saturated rings. The summed E-state index contributed by atoms with van der Waals surface area (Å²) in [7, 11) is -3.37. The molecule has 0 rings (SSSR count). The zero-order chi connectivity index (χ0) is 3.58. The Morgan fingerprint density at radius 1 is 1.00 bits per heavy atom. The van der Waals surface area contributed by atoms with Crippen LogP contribution in [0.4, 0.5) is 0 Å². The fourth-order valence-corrected chi connectivity index (χ4v) is 0. The first-order valence-corrected chi connectivity index (χ1v) is 1.64. The van der Waals surface area contributed by atoms with Crippen LogP contribution in [0.25, 0.3) is 0 Å². The second-order valence-corrected chi connectivity index (χ2v) is 0.671. The van der Waals surface area contributed by atoms with Crippen molar-refractivity contribution in [1.29, 1.82) is 0 Å². The van der Waals surface area contributed by atoms with E-state index in [1.165, 1.54) is 0 Å². The second-order valence-electron chi connectivity index (χ2n) is 0.224. The van der Waals surface area contributed by atoms with Crippen LogP contribution in [0.3, 0.4) is 0 Å². The predicted octanol–water partition coefficient (Wildman–Crippen LogP) is -3.04. The minimum Gasteiger partial charge on any atom is -0.744 e. The van der Waals surface area contributed by atoms with E-state index in [0.717, 1.165) is 0 Å². The van der Waals surface area contributed by atoms with Gasteiger partial charge in [-0.15, -0.1) is 0 Å². The quantitative estimate of drug-likeness (QED) is 0.322. The normalized spacial score (nSPS) is 3.57. The second kappa shape index (κ2) is 17.2. The highest BCUT2D eigenvalue weighted by molar-refractivity contribution is 7.21. The lowest BCUT2D eigenvalue weighted by atomic mass is 15.9. The van der Waals surface area contributed by atoms with Crippen molar-refractivity contribution in [2.24, 2.45) is 0 Å². The summed E-state index contributed by atoms with van der Waals surface area (Å²) in [6.07, 6.45) is 0. The Morgan fingerprint density at radius 3 is 1.00 bits per heavy atom. The van der Waals surface area contributed by atoms with E-state index in [-0.39, 0.29) is 16.4 Å². The molecule has 7 heteroatoms. The van der Waals surface area contributed by atoms with Crippen LogP contribution in [0.2, 0.25) is 0 Å². The van der Waals surface area contributed by atoms with Crippen molar-refractivity contribution in [3.63, 3.8) is 0 Å². The molecule has 0 saturated heterocycles. The summed E-state index contributed by atoms with van der Waals surface area (Å²) in [5.74, 6) is 0. The predicted molar refractivity (Wildman–Crippen MR) is 19.1 cm³/mol. The lowest BCUT2D eigenvalue weighted by Crippen LogP contribution is -1.70. The number of rotatable bonds is 0. The van der Waals surface area contributed by atoms with Gasteiger partial charge in [0.1, 0.15) is 0 Å². The maximum atomic E-state index is 8.48. The topological polar surface area (TPSA) is 152 Å². The van der Waals surface area contributed by atoms with E-state index in [2.05, 4.69) is 0 Å². The van der Waals surface area contributed by atoms with E-state index in [9.17, 15) is 0 Å². The first-order chi connectivity index (χ1) is 1.73. The summed E-state index contributed by atoms with van der Waals surface area (Å²) in [4.78, 5) is 8.48. The highest BCUT2D eigenvalue weighted by Gasteiger charge is 1.35. The highest BCUT2D eigenvalue weighted by atomic mass is 31.1. The van der Waals surface area contributed by atoms with E-state index in [0.29, 0.717) is 0 Å². The number of hydrogen-bond donors (Lipinski definition) is 0. The van der Waals surface area contributed by atoms with Gasteiger partial charge in [0, 0.05) is 0 Å². The van der Waals surface area contributed by atoms with Crippen LogP contribution in [0.1, 0.15) is 0 Å². The summed E-state index contributed by atoms with van der Waals surface area (Å²) >= 11 is 0. The zero-order valence-electron chi connectivity index (χ0n) is 3.17. The first-order valence-electron chi connectivity index (χ1n) is 0.548. The highest BCUT2D eigenvalue weighted by Crippen LogP contribution is 1.74. The van der Waals surface area contributed by atoms with Gasteiger partial charge in [0.15, 0.2) is 0 Å². The zero-order valence-corrected chi connectivity index (χ0v) is 4.07. The molecule has 0 aromatic heterocycles. The van der Waals surface area contributed by atoms with E-state index in [1.807, 2.05) is 0 Å². The Kier molecular flexibility index (Phi) is 72.6. The van der Waals surface area contributed by atoms with E-state index < -0.39 is 7.91 Å². The average Bonchev–Trinajstić information content (AvgIpc) is 0.811. The average molecular weight is 133 g/mol. The van der Waals surface area contributed by atoms with Crippen molar-refractivity contribution in [3.8, 4) is 0 Å². The third-order valence-electron chi connectivity index (χ3n) is 0. The van der Waals surface area contributed by atoms with E-state index >= 15 is 0 Å². The van der Waals surface area contributed by atoms with Crippen LogP contribution >= 0.6 is 7.91 Å². The van der Waals surface area contributed by atoms with Crippen LogP contribution in [0, 0.1) is 0 Å². The molecular weight excluding hydrogens is 127 g/mol. The maximum absolute atomic E-state index is 8.48. The molecule has 0 unspecified atom stereocenters. The van der Waals surface area contributed by atoms with Gasteiger partial charge in [0.25, 0.3) is 0 Å². The summed E-state index contributed by atoms with van der Waals surface area (Å²) in [6, 6.07) is 0. The molecular formula is H6O6P-. The van der Waals surface area contributed by atoms with Gasteiger partial charge in [-0.25, -0.2) is 0 Å². The van der Waals surface area contributed by atoms with Crippen molar-refractivity contribution in [3.05, 3.63) is 0 Å². The van der Waals surface area contributed by atoms with Gasteiger partial charge in [0.05, 0.1) is 0 Å². The minimum atomic E-state index is -3.37. The molecule has 0 aliphatic carbocycles. The molecule has 0 saturated carbocycles. The van der Waals surface area contributed by atoms with Gasteiger partial charge in [-0.1, -0.05) is 0 Å². The third-order valence-corrected chi connectivity index (χ3v) is 0. The Balaban J connectivity index is -0.0000000150. The van der Waals surface area contributed by atoms with Crippen molar-refractivity contribution >= 4 is 7.91 Å². The van der Waals surface area contributed by atoms with Crippen LogP contribution in [-0.2, 0) is 9.13 Å². The molecule has 7 heavy (non-hydrogen) atoms. The van der Waals surface area contributed by atoms with Gasteiger partial charge >= 0.3 is 0 Å². The molecule has 0 atom stereocenters. The summed E-state index contributed by atoms with van der Waals surface area (Å²) < 4.78 is 17.0. The molecule has 0 spiro atoms. The van der Waals surface area contributed by atoms with Crippen molar-refractivity contribution in [1.82, 2.24) is 0 Å². The minimum absolute atomic E-state index is 0. The Bertz CT molecular complexity index is 52.6. The summed E-state index contributed by atoms with van der Waals surface area (Å²) in [6.45, 7) is 0. The monoisotopic (exact) mass is 133 g/mol. The largest absolute Gasteiger partial charge is 0.744 e. The Morgan fingerprint density at radius 2 is 1.00 bits per heavy atom. The van der Waals surface area contributed by atoms with Gasteiger partial charge in [-0.2, -0.15) is 0 Å². The molecule has 0 aromatic rings. The van der Waals surface area contributed by atoms with Crippen LogP contribution in [0.5, 0.6) is 0 Å². The molecule has 48 valence electrons. The lowest BCUT2D eigenvalue weighted by molar-refractivity contribution is -0.168. The van der Waals surface area contributed by atoms with Gasteiger partial charge in [-0.05, 0) is 0 Å². The van der Waals surface area contributed by atoms with Crippen LogP contribution < -0.4 is 4.89 Å². The van der Waals surface area contributed by atoms with Crippen molar-refractivity contribution in [2.75, 3.05) is 0 Å².